The number of aliphatic hydroxyl groups is 1. The predicted octanol–water partition coefficient (Wildman–Crippen LogP) is 6.74. The molecule has 4 nitrogen and oxygen atoms in total. The van der Waals surface area contributed by atoms with Crippen molar-refractivity contribution in [3.05, 3.63) is 95.6 Å². The van der Waals surface area contributed by atoms with E-state index in [0.29, 0.717) is 17.9 Å². The molecule has 5 heteroatoms. The van der Waals surface area contributed by atoms with Gasteiger partial charge in [0.25, 0.3) is 0 Å². The van der Waals surface area contributed by atoms with E-state index in [9.17, 15) is 5.11 Å². The molecule has 1 saturated heterocycles. The molecule has 1 saturated carbocycles. The molecule has 2 fully saturated rings. The Morgan fingerprint density at radius 2 is 1.47 bits per heavy atom. The van der Waals surface area contributed by atoms with Crippen LogP contribution in [0, 0.1) is 0 Å². The number of hydrogen-bond acceptors (Lipinski definition) is 3. The first kappa shape index (κ1) is 25.5. The lowest BCUT2D eigenvalue weighted by atomic mass is 9.88. The SMILES string of the molecule is OC1=[N+](C2CCCCC2)CSc2ccc(N3CCN(CCC(c4ccccc4)c4ccccc4)CC3)cc21. The van der Waals surface area contributed by atoms with Crippen LogP contribution in [0.5, 0.6) is 0 Å². The highest BCUT2D eigenvalue weighted by atomic mass is 32.2. The molecule has 0 aromatic heterocycles. The first-order chi connectivity index (χ1) is 18.8. The fourth-order valence-corrected chi connectivity index (χ4v) is 7.56. The lowest BCUT2D eigenvalue weighted by molar-refractivity contribution is -0.558. The van der Waals surface area contributed by atoms with Crippen LogP contribution in [0.3, 0.4) is 0 Å². The van der Waals surface area contributed by atoms with Crippen LogP contribution >= 0.6 is 11.8 Å². The van der Waals surface area contributed by atoms with Crippen LogP contribution in [0.25, 0.3) is 0 Å². The lowest BCUT2D eigenvalue weighted by Gasteiger charge is -2.37. The standard InChI is InChI=1S/C33H39N3OS/c37-33-31-24-29(16-17-32(31)38-25-36(33)28-14-8-3-9-15-28)35-22-20-34(21-23-35)19-18-30(26-10-4-1-5-11-26)27-12-6-2-7-13-27/h1-2,4-7,10-13,16-17,24,28,30H,3,8-9,14-15,18-23,25H2/p+1. The summed E-state index contributed by atoms with van der Waals surface area (Å²) in [6.45, 7) is 5.31. The van der Waals surface area contributed by atoms with Gasteiger partial charge in [0.15, 0.2) is 11.9 Å². The summed E-state index contributed by atoms with van der Waals surface area (Å²) in [5.74, 6) is 1.80. The summed E-state index contributed by atoms with van der Waals surface area (Å²) in [5, 5.41) is 11.3. The van der Waals surface area contributed by atoms with Gasteiger partial charge in [-0.3, -0.25) is 4.90 Å². The Kier molecular flexibility index (Phi) is 8.03. The van der Waals surface area contributed by atoms with Gasteiger partial charge in [0.05, 0.1) is 0 Å². The molecule has 0 amide bonds. The first-order valence-electron chi connectivity index (χ1n) is 14.4. The summed E-state index contributed by atoms with van der Waals surface area (Å²) in [4.78, 5) is 6.34. The van der Waals surface area contributed by atoms with Crippen molar-refractivity contribution in [2.75, 3.05) is 43.5 Å². The zero-order chi connectivity index (χ0) is 25.7. The van der Waals surface area contributed by atoms with Gasteiger partial charge in [0.2, 0.25) is 0 Å². The van der Waals surface area contributed by atoms with Gasteiger partial charge in [0.1, 0.15) is 5.56 Å². The lowest BCUT2D eigenvalue weighted by Crippen LogP contribution is -2.47. The van der Waals surface area contributed by atoms with Gasteiger partial charge < -0.3 is 10.0 Å². The van der Waals surface area contributed by atoms with Gasteiger partial charge in [-0.25, -0.2) is 0 Å². The third kappa shape index (κ3) is 5.64. The van der Waals surface area contributed by atoms with Gasteiger partial charge in [-0.05, 0) is 55.1 Å². The maximum Gasteiger partial charge on any atom is 0.369 e. The molecule has 3 aliphatic rings. The van der Waals surface area contributed by atoms with E-state index < -0.39 is 0 Å². The third-order valence-corrected chi connectivity index (χ3v) is 9.80. The van der Waals surface area contributed by atoms with Crippen LogP contribution in [0.1, 0.15) is 61.1 Å². The molecule has 2 heterocycles. The number of thioether (sulfide) groups is 1. The number of anilines is 1. The van der Waals surface area contributed by atoms with Crippen molar-refractivity contribution in [1.82, 2.24) is 4.90 Å². The maximum absolute atomic E-state index is 11.3. The summed E-state index contributed by atoms with van der Waals surface area (Å²) >= 11 is 1.87. The average Bonchev–Trinajstić information content (AvgIpc) is 2.99. The number of rotatable bonds is 7. The minimum Gasteiger partial charge on any atom is -0.460 e. The number of hydrogen-bond donors (Lipinski definition) is 1. The van der Waals surface area contributed by atoms with Crippen molar-refractivity contribution < 1.29 is 9.68 Å². The fraction of sp³-hybridized carbons (Fsp3) is 0.424. The molecular formula is C33H40N3OS+. The van der Waals surface area contributed by atoms with Gasteiger partial charge in [-0.2, -0.15) is 4.58 Å². The van der Waals surface area contributed by atoms with E-state index >= 15 is 0 Å². The Balaban J connectivity index is 1.10. The van der Waals surface area contributed by atoms with E-state index in [-0.39, 0.29) is 0 Å². The van der Waals surface area contributed by atoms with Crippen molar-refractivity contribution in [2.45, 2.75) is 55.4 Å². The summed E-state index contributed by atoms with van der Waals surface area (Å²) in [6.07, 6.45) is 7.45. The highest BCUT2D eigenvalue weighted by Gasteiger charge is 2.33. The highest BCUT2D eigenvalue weighted by Crippen LogP contribution is 2.34. The molecule has 2 aliphatic heterocycles. The maximum atomic E-state index is 11.3. The molecule has 3 aromatic carbocycles. The van der Waals surface area contributed by atoms with Crippen molar-refractivity contribution in [3.8, 4) is 0 Å². The second-order valence-electron chi connectivity index (χ2n) is 11.0. The number of piperazine rings is 1. The number of benzene rings is 3. The molecule has 1 N–H and O–H groups in total. The normalized spacial score (nSPS) is 19.1. The summed E-state index contributed by atoms with van der Waals surface area (Å²) in [6, 6.07) is 29.1. The Morgan fingerprint density at radius 1 is 0.816 bits per heavy atom. The third-order valence-electron chi connectivity index (χ3n) is 8.73. The number of nitrogens with zero attached hydrogens (tertiary/aromatic N) is 3. The molecule has 0 radical (unpaired) electrons. The number of aliphatic hydroxyl groups excluding tert-OH is 1. The molecule has 0 spiro atoms. The van der Waals surface area contributed by atoms with Crippen LogP contribution in [-0.2, 0) is 0 Å². The highest BCUT2D eigenvalue weighted by molar-refractivity contribution is 7.99. The van der Waals surface area contributed by atoms with Crippen molar-refractivity contribution in [3.63, 3.8) is 0 Å². The Morgan fingerprint density at radius 3 is 2.13 bits per heavy atom. The van der Waals surface area contributed by atoms with Crippen molar-refractivity contribution in [2.24, 2.45) is 0 Å². The second-order valence-corrected chi connectivity index (χ2v) is 12.0. The zero-order valence-electron chi connectivity index (χ0n) is 22.3. The number of fused-ring (bicyclic) bond motifs is 1. The molecule has 6 rings (SSSR count). The molecule has 0 bridgehead atoms. The summed E-state index contributed by atoms with van der Waals surface area (Å²) < 4.78 is 2.27. The van der Waals surface area contributed by atoms with Gasteiger partial charge in [0, 0.05) is 55.5 Å². The van der Waals surface area contributed by atoms with Crippen LogP contribution in [0.4, 0.5) is 5.69 Å². The molecule has 38 heavy (non-hydrogen) atoms. The van der Waals surface area contributed by atoms with Crippen molar-refractivity contribution >= 4 is 23.3 Å². The van der Waals surface area contributed by atoms with Gasteiger partial charge in [-0.15, -0.1) is 0 Å². The minimum absolute atomic E-state index is 0.430. The van der Waals surface area contributed by atoms with Crippen LogP contribution in [0.2, 0.25) is 0 Å². The predicted molar refractivity (Wildman–Crippen MR) is 159 cm³/mol. The van der Waals surface area contributed by atoms with Crippen LogP contribution in [0.15, 0.2) is 83.8 Å². The van der Waals surface area contributed by atoms with E-state index in [2.05, 4.69) is 93.2 Å². The van der Waals surface area contributed by atoms with E-state index in [1.165, 1.54) is 53.8 Å². The quantitative estimate of drug-likeness (QED) is 0.345. The Bertz CT molecular complexity index is 1190. The Hall–Kier alpha value is -2.76. The largest absolute Gasteiger partial charge is 0.460 e. The molecule has 0 atom stereocenters. The molecular weight excluding hydrogens is 486 g/mol. The molecule has 198 valence electrons. The van der Waals surface area contributed by atoms with Gasteiger partial charge >= 0.3 is 5.90 Å². The average molecular weight is 527 g/mol. The van der Waals surface area contributed by atoms with Gasteiger partial charge in [-0.1, -0.05) is 78.8 Å². The molecule has 3 aromatic rings. The van der Waals surface area contributed by atoms with Crippen LogP contribution in [-0.4, -0.2) is 65.1 Å². The van der Waals surface area contributed by atoms with E-state index in [1.807, 2.05) is 11.8 Å². The fourth-order valence-electron chi connectivity index (χ4n) is 6.48. The van der Waals surface area contributed by atoms with E-state index in [1.54, 1.807) is 0 Å². The van der Waals surface area contributed by atoms with Crippen molar-refractivity contribution in [1.29, 1.82) is 0 Å². The molecule has 0 unspecified atom stereocenters. The van der Waals surface area contributed by atoms with E-state index in [4.69, 9.17) is 0 Å². The monoisotopic (exact) mass is 526 g/mol. The smallest absolute Gasteiger partial charge is 0.369 e. The van der Waals surface area contributed by atoms with Crippen LogP contribution < -0.4 is 4.90 Å². The minimum atomic E-state index is 0.430. The summed E-state index contributed by atoms with van der Waals surface area (Å²) in [5.41, 5.74) is 5.08. The first-order valence-corrected chi connectivity index (χ1v) is 15.4. The van der Waals surface area contributed by atoms with E-state index in [0.717, 1.165) is 50.6 Å². The Labute approximate surface area is 232 Å². The topological polar surface area (TPSA) is 29.7 Å². The molecule has 1 aliphatic carbocycles. The zero-order valence-corrected chi connectivity index (χ0v) is 23.2. The summed E-state index contributed by atoms with van der Waals surface area (Å²) in [7, 11) is 0. The second kappa shape index (κ2) is 12.0.